The van der Waals surface area contributed by atoms with Gasteiger partial charge in [-0.25, -0.2) is 0 Å². The fourth-order valence-electron chi connectivity index (χ4n) is 2.35. The molecule has 1 amide bonds. The SMILES string of the molecule is CSC1CCC(NC(=O)c2ccc(C)cc2Br)C1. The zero-order valence-corrected chi connectivity index (χ0v) is 13.1. The number of hydrogen-bond donors (Lipinski definition) is 1. The quantitative estimate of drug-likeness (QED) is 0.915. The lowest BCUT2D eigenvalue weighted by Crippen LogP contribution is -2.33. The number of halogens is 1. The van der Waals surface area contributed by atoms with Crippen LogP contribution in [0.3, 0.4) is 0 Å². The molecule has 0 aromatic heterocycles. The molecular weight excluding hydrogens is 310 g/mol. The van der Waals surface area contributed by atoms with Crippen molar-refractivity contribution in [3.63, 3.8) is 0 Å². The Kier molecular flexibility index (Phi) is 4.73. The van der Waals surface area contributed by atoms with E-state index in [2.05, 4.69) is 27.5 Å². The molecule has 0 saturated heterocycles. The summed E-state index contributed by atoms with van der Waals surface area (Å²) in [7, 11) is 0. The molecule has 2 unspecified atom stereocenters. The van der Waals surface area contributed by atoms with Crippen LogP contribution in [0.15, 0.2) is 22.7 Å². The maximum absolute atomic E-state index is 12.2. The van der Waals surface area contributed by atoms with Crippen LogP contribution in [0, 0.1) is 6.92 Å². The van der Waals surface area contributed by atoms with Crippen LogP contribution in [0.4, 0.5) is 0 Å². The van der Waals surface area contributed by atoms with Gasteiger partial charge in [-0.3, -0.25) is 4.79 Å². The molecule has 1 aliphatic carbocycles. The van der Waals surface area contributed by atoms with Crippen molar-refractivity contribution in [3.05, 3.63) is 33.8 Å². The van der Waals surface area contributed by atoms with Gasteiger partial charge in [0.1, 0.15) is 0 Å². The van der Waals surface area contributed by atoms with Crippen LogP contribution in [0.1, 0.15) is 35.2 Å². The van der Waals surface area contributed by atoms with Crippen molar-refractivity contribution >= 4 is 33.6 Å². The molecule has 1 N–H and O–H groups in total. The van der Waals surface area contributed by atoms with E-state index in [4.69, 9.17) is 0 Å². The van der Waals surface area contributed by atoms with Crippen LogP contribution in [0.5, 0.6) is 0 Å². The normalized spacial score (nSPS) is 23.1. The molecule has 0 bridgehead atoms. The number of thioether (sulfide) groups is 1. The standard InChI is InChI=1S/C14H18BrNOS/c1-9-3-6-12(13(15)7-9)14(17)16-10-4-5-11(8-10)18-2/h3,6-7,10-11H,4-5,8H2,1-2H3,(H,16,17). The van der Waals surface area contributed by atoms with E-state index in [1.165, 1.54) is 6.42 Å². The van der Waals surface area contributed by atoms with Crippen molar-refractivity contribution < 1.29 is 4.79 Å². The summed E-state index contributed by atoms with van der Waals surface area (Å²) in [6, 6.07) is 6.17. The molecule has 0 aliphatic heterocycles. The van der Waals surface area contributed by atoms with E-state index in [1.54, 1.807) is 0 Å². The molecule has 1 aromatic rings. The summed E-state index contributed by atoms with van der Waals surface area (Å²) in [6.45, 7) is 2.02. The van der Waals surface area contributed by atoms with E-state index in [-0.39, 0.29) is 5.91 Å². The largest absolute Gasteiger partial charge is 0.349 e. The molecule has 0 spiro atoms. The summed E-state index contributed by atoms with van der Waals surface area (Å²) in [5, 5.41) is 3.84. The minimum atomic E-state index is 0.0358. The van der Waals surface area contributed by atoms with Crippen molar-refractivity contribution in [2.75, 3.05) is 6.26 Å². The first kappa shape index (κ1) is 13.9. The highest BCUT2D eigenvalue weighted by Crippen LogP contribution is 2.28. The Morgan fingerprint density at radius 2 is 2.22 bits per heavy atom. The Hall–Kier alpha value is -0.480. The first-order valence-corrected chi connectivity index (χ1v) is 8.28. The molecule has 2 atom stereocenters. The van der Waals surface area contributed by atoms with Gasteiger partial charge in [0.15, 0.2) is 0 Å². The fraction of sp³-hybridized carbons (Fsp3) is 0.500. The highest BCUT2D eigenvalue weighted by Gasteiger charge is 2.25. The first-order chi connectivity index (χ1) is 8.60. The monoisotopic (exact) mass is 327 g/mol. The first-order valence-electron chi connectivity index (χ1n) is 6.20. The van der Waals surface area contributed by atoms with E-state index in [0.717, 1.165) is 28.4 Å². The van der Waals surface area contributed by atoms with E-state index in [0.29, 0.717) is 11.3 Å². The van der Waals surface area contributed by atoms with Gasteiger partial charge in [-0.15, -0.1) is 0 Å². The van der Waals surface area contributed by atoms with Crippen molar-refractivity contribution in [1.82, 2.24) is 5.32 Å². The molecule has 1 aliphatic rings. The molecule has 1 fully saturated rings. The molecule has 4 heteroatoms. The maximum Gasteiger partial charge on any atom is 0.252 e. The third-order valence-electron chi connectivity index (χ3n) is 3.42. The third-order valence-corrected chi connectivity index (χ3v) is 5.17. The molecule has 2 rings (SSSR count). The molecule has 0 heterocycles. The Bertz CT molecular complexity index is 449. The number of amides is 1. The van der Waals surface area contributed by atoms with Crippen LogP contribution in [0.25, 0.3) is 0 Å². The lowest BCUT2D eigenvalue weighted by molar-refractivity contribution is 0.0937. The maximum atomic E-state index is 12.2. The Morgan fingerprint density at radius 3 is 2.83 bits per heavy atom. The summed E-state index contributed by atoms with van der Waals surface area (Å²) < 4.78 is 0.874. The van der Waals surface area contributed by atoms with Gasteiger partial charge in [0.05, 0.1) is 5.56 Å². The van der Waals surface area contributed by atoms with Crippen LogP contribution < -0.4 is 5.32 Å². The molecular formula is C14H18BrNOS. The Balaban J connectivity index is 2.00. The van der Waals surface area contributed by atoms with Gasteiger partial charge in [0.25, 0.3) is 5.91 Å². The smallest absolute Gasteiger partial charge is 0.252 e. The van der Waals surface area contributed by atoms with Crippen molar-refractivity contribution in [2.45, 2.75) is 37.5 Å². The summed E-state index contributed by atoms with van der Waals surface area (Å²) in [5.41, 5.74) is 1.88. The molecule has 0 radical (unpaired) electrons. The average molecular weight is 328 g/mol. The van der Waals surface area contributed by atoms with Gasteiger partial charge in [-0.2, -0.15) is 11.8 Å². The second-order valence-electron chi connectivity index (χ2n) is 4.82. The number of benzene rings is 1. The summed E-state index contributed by atoms with van der Waals surface area (Å²) >= 11 is 5.36. The predicted molar refractivity (Wildman–Crippen MR) is 81.3 cm³/mol. The third kappa shape index (κ3) is 3.29. The number of rotatable bonds is 3. The Morgan fingerprint density at radius 1 is 1.44 bits per heavy atom. The number of aryl methyl sites for hydroxylation is 1. The minimum Gasteiger partial charge on any atom is -0.349 e. The van der Waals surface area contributed by atoms with Gasteiger partial charge < -0.3 is 5.32 Å². The molecule has 1 saturated carbocycles. The topological polar surface area (TPSA) is 29.1 Å². The summed E-state index contributed by atoms with van der Waals surface area (Å²) in [6.07, 6.45) is 5.55. The second kappa shape index (κ2) is 6.11. The predicted octanol–water partition coefficient (Wildman–Crippen LogP) is 3.77. The van der Waals surface area contributed by atoms with Gasteiger partial charge in [0, 0.05) is 15.8 Å². The van der Waals surface area contributed by atoms with Gasteiger partial charge in [-0.05, 0) is 66.1 Å². The van der Waals surface area contributed by atoms with Gasteiger partial charge >= 0.3 is 0 Å². The second-order valence-corrected chi connectivity index (χ2v) is 6.82. The highest BCUT2D eigenvalue weighted by atomic mass is 79.9. The Labute approximate surface area is 121 Å². The van der Waals surface area contributed by atoms with Crippen molar-refractivity contribution in [3.8, 4) is 0 Å². The number of hydrogen-bond acceptors (Lipinski definition) is 2. The van der Waals surface area contributed by atoms with Crippen LogP contribution >= 0.6 is 27.7 Å². The lowest BCUT2D eigenvalue weighted by atomic mass is 10.1. The minimum absolute atomic E-state index is 0.0358. The van der Waals surface area contributed by atoms with E-state index in [1.807, 2.05) is 36.9 Å². The molecule has 1 aromatic carbocycles. The highest BCUT2D eigenvalue weighted by molar-refractivity contribution is 9.10. The molecule has 98 valence electrons. The van der Waals surface area contributed by atoms with Crippen LogP contribution in [-0.4, -0.2) is 23.5 Å². The number of carbonyl (C=O) groups excluding carboxylic acids is 1. The number of nitrogens with one attached hydrogen (secondary N) is 1. The molecule has 2 nitrogen and oxygen atoms in total. The average Bonchev–Trinajstić information content (AvgIpc) is 2.76. The van der Waals surface area contributed by atoms with Crippen molar-refractivity contribution in [1.29, 1.82) is 0 Å². The summed E-state index contributed by atoms with van der Waals surface area (Å²) in [5.74, 6) is 0.0358. The fourth-order valence-corrected chi connectivity index (χ4v) is 3.82. The van der Waals surface area contributed by atoms with Gasteiger partial charge in [0.2, 0.25) is 0 Å². The van der Waals surface area contributed by atoms with E-state index in [9.17, 15) is 4.79 Å². The zero-order valence-electron chi connectivity index (χ0n) is 10.7. The molecule has 18 heavy (non-hydrogen) atoms. The van der Waals surface area contributed by atoms with E-state index < -0.39 is 0 Å². The zero-order chi connectivity index (χ0) is 13.1. The van der Waals surface area contributed by atoms with E-state index >= 15 is 0 Å². The van der Waals surface area contributed by atoms with Crippen molar-refractivity contribution in [2.24, 2.45) is 0 Å². The van der Waals surface area contributed by atoms with Crippen LogP contribution in [0.2, 0.25) is 0 Å². The summed E-state index contributed by atoms with van der Waals surface area (Å²) in [4.78, 5) is 12.2. The van der Waals surface area contributed by atoms with Crippen LogP contribution in [-0.2, 0) is 0 Å². The van der Waals surface area contributed by atoms with Gasteiger partial charge in [-0.1, -0.05) is 6.07 Å². The lowest BCUT2D eigenvalue weighted by Gasteiger charge is -2.13. The number of carbonyl (C=O) groups is 1.